The number of esters is 1. The molecule has 0 amide bonds. The van der Waals surface area contributed by atoms with Crippen molar-refractivity contribution in [1.29, 1.82) is 0 Å². The van der Waals surface area contributed by atoms with Crippen LogP contribution in [-0.4, -0.2) is 25.1 Å². The van der Waals surface area contributed by atoms with Crippen molar-refractivity contribution >= 4 is 39.9 Å². The Hall–Kier alpha value is -3.23. The van der Waals surface area contributed by atoms with E-state index in [9.17, 15) is 9.59 Å². The minimum absolute atomic E-state index is 0.0738. The van der Waals surface area contributed by atoms with E-state index in [0.29, 0.717) is 22.2 Å². The van der Waals surface area contributed by atoms with Gasteiger partial charge in [0.2, 0.25) is 0 Å². The van der Waals surface area contributed by atoms with Gasteiger partial charge in [0.25, 0.3) is 5.56 Å². The van der Waals surface area contributed by atoms with Crippen molar-refractivity contribution < 1.29 is 9.53 Å². The van der Waals surface area contributed by atoms with Gasteiger partial charge in [-0.1, -0.05) is 29.8 Å². The fourth-order valence-electron chi connectivity index (χ4n) is 3.41. The van der Waals surface area contributed by atoms with Crippen LogP contribution in [0.15, 0.2) is 46.6 Å². The second kappa shape index (κ2) is 9.10. The van der Waals surface area contributed by atoms with Crippen molar-refractivity contribution in [3.8, 4) is 0 Å². The van der Waals surface area contributed by atoms with E-state index in [-0.39, 0.29) is 12.2 Å². The quantitative estimate of drug-likeness (QED) is 0.311. The lowest BCUT2D eigenvalue weighted by Crippen LogP contribution is -2.16. The van der Waals surface area contributed by atoms with Gasteiger partial charge in [-0.3, -0.25) is 13.9 Å². The highest BCUT2D eigenvalue weighted by Gasteiger charge is 2.12. The Labute approximate surface area is 193 Å². The topological polar surface area (TPSA) is 78.5 Å². The summed E-state index contributed by atoms with van der Waals surface area (Å²) < 4.78 is 8.67. The summed E-state index contributed by atoms with van der Waals surface area (Å²) in [4.78, 5) is 29.4. The van der Waals surface area contributed by atoms with Gasteiger partial charge in [-0.05, 0) is 38.5 Å². The second-order valence-electron chi connectivity index (χ2n) is 7.36. The molecule has 0 bridgehead atoms. The predicted octanol–water partition coefficient (Wildman–Crippen LogP) is 4.34. The van der Waals surface area contributed by atoms with Gasteiger partial charge in [0.05, 0.1) is 17.9 Å². The zero-order chi connectivity index (χ0) is 22.8. The summed E-state index contributed by atoms with van der Waals surface area (Å²) >= 11 is 7.63. The number of aromatic nitrogens is 4. The molecular weight excluding hydrogens is 448 g/mol. The van der Waals surface area contributed by atoms with Crippen LogP contribution in [0.3, 0.4) is 0 Å². The first-order valence-electron chi connectivity index (χ1n) is 9.92. The summed E-state index contributed by atoms with van der Waals surface area (Å²) in [6.45, 7) is 6.14. The van der Waals surface area contributed by atoms with Gasteiger partial charge in [0, 0.05) is 39.5 Å². The second-order valence-corrected chi connectivity index (χ2v) is 8.60. The molecule has 0 spiro atoms. The van der Waals surface area contributed by atoms with E-state index in [1.165, 1.54) is 27.9 Å². The van der Waals surface area contributed by atoms with Crippen molar-refractivity contribution in [3.63, 3.8) is 0 Å². The zero-order valence-electron chi connectivity index (χ0n) is 17.8. The lowest BCUT2D eigenvalue weighted by atomic mass is 10.1. The molecule has 0 aliphatic carbocycles. The number of hydrogen-bond acceptors (Lipinski definition) is 6. The van der Waals surface area contributed by atoms with Gasteiger partial charge < -0.3 is 4.74 Å². The van der Waals surface area contributed by atoms with Crippen LogP contribution >= 0.6 is 22.9 Å². The number of rotatable bonds is 6. The first-order valence-corrected chi connectivity index (χ1v) is 11.2. The third-order valence-corrected chi connectivity index (χ3v) is 6.40. The molecule has 9 heteroatoms. The molecule has 0 unspecified atom stereocenters. The molecule has 3 aromatic heterocycles. The molecule has 4 rings (SSSR count). The van der Waals surface area contributed by atoms with Crippen LogP contribution in [0.1, 0.15) is 33.9 Å². The number of carbonyl (C=O) groups excluding carboxylic acids is 1. The summed E-state index contributed by atoms with van der Waals surface area (Å²) in [5.74, 6) is -0.521. The van der Waals surface area contributed by atoms with E-state index in [4.69, 9.17) is 16.3 Å². The molecule has 32 heavy (non-hydrogen) atoms. The number of ether oxygens (including phenoxy) is 1. The number of benzene rings is 1. The number of halogens is 1. The number of fused-ring (bicyclic) bond motifs is 1. The maximum atomic E-state index is 12.2. The Balaban J connectivity index is 1.44. The molecule has 0 aliphatic rings. The summed E-state index contributed by atoms with van der Waals surface area (Å²) in [6.07, 6.45) is 3.05. The summed E-state index contributed by atoms with van der Waals surface area (Å²) in [6, 6.07) is 9.01. The van der Waals surface area contributed by atoms with Crippen LogP contribution in [0.4, 0.5) is 0 Å². The first kappa shape index (κ1) is 22.0. The average Bonchev–Trinajstić information content (AvgIpc) is 3.26. The van der Waals surface area contributed by atoms with E-state index in [2.05, 4.69) is 10.1 Å². The van der Waals surface area contributed by atoms with Gasteiger partial charge >= 0.3 is 5.97 Å². The summed E-state index contributed by atoms with van der Waals surface area (Å²) in [7, 11) is 0. The number of nitrogens with zero attached hydrogens (tertiary/aromatic N) is 4. The molecule has 0 radical (unpaired) electrons. The van der Waals surface area contributed by atoms with Gasteiger partial charge in [0.15, 0.2) is 4.96 Å². The SMILES string of the molecule is Cc1nn(Cc2ccccc2Cl)c(C)c1/C=C/C(=O)OCc1cc(=O)n2c(C)csc2n1. The Morgan fingerprint density at radius 1 is 1.25 bits per heavy atom. The maximum absolute atomic E-state index is 12.2. The first-order chi connectivity index (χ1) is 15.3. The zero-order valence-corrected chi connectivity index (χ0v) is 19.4. The van der Waals surface area contributed by atoms with Crippen LogP contribution in [0.5, 0.6) is 0 Å². The standard InChI is InChI=1S/C23H21ClN4O3S/c1-14-13-32-23-25-18(10-21(29)28(14)23)12-31-22(30)9-8-19-15(2)26-27(16(19)3)11-17-6-4-5-7-20(17)24/h4-10,13H,11-12H2,1-3H3/b9-8+. The molecular formula is C23H21ClN4O3S. The molecule has 0 saturated heterocycles. The Bertz CT molecular complexity index is 1400. The molecule has 1 aromatic carbocycles. The van der Waals surface area contributed by atoms with Crippen LogP contribution in [0.2, 0.25) is 5.02 Å². The van der Waals surface area contributed by atoms with Gasteiger partial charge in [0.1, 0.15) is 6.61 Å². The Morgan fingerprint density at radius 3 is 2.81 bits per heavy atom. The fourth-order valence-corrected chi connectivity index (χ4v) is 4.50. The normalized spacial score (nSPS) is 11.5. The molecule has 3 heterocycles. The van der Waals surface area contributed by atoms with E-state index >= 15 is 0 Å². The van der Waals surface area contributed by atoms with Crippen LogP contribution < -0.4 is 5.56 Å². The summed E-state index contributed by atoms with van der Waals surface area (Å²) in [5.41, 5.74) is 4.59. The fraction of sp³-hybridized carbons (Fsp3) is 0.217. The number of hydrogen-bond donors (Lipinski definition) is 0. The highest BCUT2D eigenvalue weighted by molar-refractivity contribution is 7.15. The van der Waals surface area contributed by atoms with Crippen LogP contribution in [0, 0.1) is 20.8 Å². The highest BCUT2D eigenvalue weighted by atomic mass is 35.5. The van der Waals surface area contributed by atoms with E-state index in [0.717, 1.165) is 28.2 Å². The van der Waals surface area contributed by atoms with Gasteiger partial charge in [-0.15, -0.1) is 11.3 Å². The lowest BCUT2D eigenvalue weighted by Gasteiger charge is -2.06. The van der Waals surface area contributed by atoms with Crippen molar-refractivity contribution in [1.82, 2.24) is 19.2 Å². The molecule has 0 atom stereocenters. The Morgan fingerprint density at radius 2 is 2.03 bits per heavy atom. The molecule has 0 aliphatic heterocycles. The van der Waals surface area contributed by atoms with Crippen LogP contribution in [0.25, 0.3) is 11.0 Å². The van der Waals surface area contributed by atoms with Crippen LogP contribution in [-0.2, 0) is 22.7 Å². The minimum Gasteiger partial charge on any atom is -0.456 e. The third kappa shape index (κ3) is 4.51. The Kier molecular flexibility index (Phi) is 6.25. The van der Waals surface area contributed by atoms with Crippen molar-refractivity contribution in [2.24, 2.45) is 0 Å². The van der Waals surface area contributed by atoms with E-state index < -0.39 is 5.97 Å². The highest BCUT2D eigenvalue weighted by Crippen LogP contribution is 2.20. The molecule has 0 N–H and O–H groups in total. The number of thiazole rings is 1. The van der Waals surface area contributed by atoms with Crippen molar-refractivity contribution in [2.45, 2.75) is 33.9 Å². The van der Waals surface area contributed by atoms with E-state index in [1.807, 2.05) is 55.1 Å². The molecule has 164 valence electrons. The molecule has 7 nitrogen and oxygen atoms in total. The smallest absolute Gasteiger partial charge is 0.331 e. The average molecular weight is 469 g/mol. The van der Waals surface area contributed by atoms with Gasteiger partial charge in [-0.2, -0.15) is 5.10 Å². The molecule has 0 saturated carbocycles. The van der Waals surface area contributed by atoms with Gasteiger partial charge in [-0.25, -0.2) is 9.78 Å². The predicted molar refractivity (Wildman–Crippen MR) is 125 cm³/mol. The largest absolute Gasteiger partial charge is 0.456 e. The monoisotopic (exact) mass is 468 g/mol. The summed E-state index contributed by atoms with van der Waals surface area (Å²) in [5, 5.41) is 7.11. The van der Waals surface area contributed by atoms with Crippen molar-refractivity contribution in [3.05, 3.63) is 91.1 Å². The minimum atomic E-state index is -0.521. The van der Waals surface area contributed by atoms with E-state index in [1.54, 1.807) is 6.08 Å². The van der Waals surface area contributed by atoms with Crippen molar-refractivity contribution in [2.75, 3.05) is 0 Å². The maximum Gasteiger partial charge on any atom is 0.331 e. The number of carbonyl (C=O) groups is 1. The lowest BCUT2D eigenvalue weighted by molar-refractivity contribution is -0.139. The molecule has 0 fully saturated rings. The number of aryl methyl sites for hydroxylation is 2. The molecule has 4 aromatic rings. The third-order valence-electron chi connectivity index (χ3n) is 5.09.